The number of carbonyl (C=O) groups is 2. The summed E-state index contributed by atoms with van der Waals surface area (Å²) in [5.74, 6) is 0.532. The number of aromatic nitrogens is 2. The van der Waals surface area contributed by atoms with Gasteiger partial charge in [0.2, 0.25) is 0 Å². The lowest BCUT2D eigenvalue weighted by Crippen LogP contribution is -2.25. The Balaban J connectivity index is 1.56. The maximum Gasteiger partial charge on any atom is 0.255 e. The van der Waals surface area contributed by atoms with Crippen LogP contribution in [0.5, 0.6) is 5.75 Å². The molecule has 1 fully saturated rings. The number of methoxy groups -OCH3 is 1. The van der Waals surface area contributed by atoms with Gasteiger partial charge < -0.3 is 26.3 Å². The van der Waals surface area contributed by atoms with Gasteiger partial charge in [0.1, 0.15) is 22.8 Å². The quantitative estimate of drug-likeness (QED) is 0.464. The summed E-state index contributed by atoms with van der Waals surface area (Å²) in [7, 11) is 1.53. The number of benzene rings is 2. The van der Waals surface area contributed by atoms with Crippen LogP contribution >= 0.6 is 0 Å². The van der Waals surface area contributed by atoms with Crippen molar-refractivity contribution in [2.75, 3.05) is 26.1 Å². The zero-order valence-electron chi connectivity index (χ0n) is 20.9. The standard InChI is InChI=1S/C27H33N5O4/c1-16-15-36-13-12-21(17(16)2)32-25(28)23(26(29)33)24(31-32)19-10-8-18(9-11-19)14-30-27(34)20-6-4-5-7-22(20)35-3/h4-11,16-17,21H,12-15,28H2,1-3H3,(H2,29,33)(H,30,34)/t16-,17?,21?/m1/s1. The normalized spacial score (nSPS) is 19.9. The second-order valence-electron chi connectivity index (χ2n) is 9.26. The second kappa shape index (κ2) is 10.8. The van der Waals surface area contributed by atoms with Crippen LogP contribution in [0.15, 0.2) is 48.5 Å². The highest BCUT2D eigenvalue weighted by molar-refractivity contribution is 6.03. The molecule has 0 spiro atoms. The molecule has 9 heteroatoms. The molecule has 36 heavy (non-hydrogen) atoms. The van der Waals surface area contributed by atoms with Gasteiger partial charge in [-0.25, -0.2) is 4.68 Å². The maximum atomic E-state index is 12.6. The Kier molecular flexibility index (Phi) is 7.59. The summed E-state index contributed by atoms with van der Waals surface area (Å²) in [4.78, 5) is 25.0. The molecule has 9 nitrogen and oxygen atoms in total. The number of hydrogen-bond acceptors (Lipinski definition) is 6. The predicted molar refractivity (Wildman–Crippen MR) is 138 cm³/mol. The van der Waals surface area contributed by atoms with Crippen LogP contribution in [0.1, 0.15) is 52.6 Å². The maximum absolute atomic E-state index is 12.6. The highest BCUT2D eigenvalue weighted by atomic mass is 16.5. The molecular weight excluding hydrogens is 458 g/mol. The molecular formula is C27H33N5O4. The Hall–Kier alpha value is -3.85. The van der Waals surface area contributed by atoms with Crippen molar-refractivity contribution in [3.05, 3.63) is 65.2 Å². The van der Waals surface area contributed by atoms with E-state index in [0.29, 0.717) is 42.7 Å². The van der Waals surface area contributed by atoms with Crippen molar-refractivity contribution in [1.29, 1.82) is 0 Å². The molecule has 0 bridgehead atoms. The van der Waals surface area contributed by atoms with Crippen molar-refractivity contribution in [1.82, 2.24) is 15.1 Å². The number of rotatable bonds is 7. The first-order valence-electron chi connectivity index (χ1n) is 12.1. The second-order valence-corrected chi connectivity index (χ2v) is 9.26. The van der Waals surface area contributed by atoms with Crippen LogP contribution in [0.25, 0.3) is 11.3 Å². The van der Waals surface area contributed by atoms with Crippen LogP contribution in [0, 0.1) is 11.8 Å². The molecule has 2 aromatic carbocycles. The number of nitrogens with zero attached hydrogens (tertiary/aromatic N) is 2. The molecule has 2 amide bonds. The van der Waals surface area contributed by atoms with E-state index in [4.69, 9.17) is 26.0 Å². The van der Waals surface area contributed by atoms with Crippen LogP contribution in [0.4, 0.5) is 5.82 Å². The minimum absolute atomic E-state index is 0.00110. The van der Waals surface area contributed by atoms with Gasteiger partial charge in [0, 0.05) is 25.3 Å². The Morgan fingerprint density at radius 3 is 2.58 bits per heavy atom. The first kappa shape index (κ1) is 25.2. The number of hydrogen-bond donors (Lipinski definition) is 3. The van der Waals surface area contributed by atoms with E-state index in [1.807, 2.05) is 30.3 Å². The summed E-state index contributed by atoms with van der Waals surface area (Å²) in [6.07, 6.45) is 0.750. The molecule has 4 rings (SSSR count). The SMILES string of the molecule is COc1ccccc1C(=O)NCc1ccc(-c2nn(C3CCOC[C@@H](C)C3C)c(N)c2C(N)=O)cc1. The molecule has 0 saturated carbocycles. The zero-order chi connectivity index (χ0) is 25.8. The van der Waals surface area contributed by atoms with Gasteiger partial charge in [-0.2, -0.15) is 5.10 Å². The number of para-hydroxylation sites is 1. The van der Waals surface area contributed by atoms with Crippen molar-refractivity contribution < 1.29 is 19.1 Å². The van der Waals surface area contributed by atoms with E-state index in [1.54, 1.807) is 22.9 Å². The van der Waals surface area contributed by atoms with Gasteiger partial charge in [0.25, 0.3) is 11.8 Å². The molecule has 0 radical (unpaired) electrons. The lowest BCUT2D eigenvalue weighted by molar-refractivity contribution is 0.0946. The van der Waals surface area contributed by atoms with E-state index in [9.17, 15) is 9.59 Å². The minimum Gasteiger partial charge on any atom is -0.496 e. The Morgan fingerprint density at radius 1 is 1.17 bits per heavy atom. The number of carbonyl (C=O) groups excluding carboxylic acids is 2. The first-order chi connectivity index (χ1) is 17.3. The summed E-state index contributed by atoms with van der Waals surface area (Å²) in [5, 5.41) is 7.67. The smallest absolute Gasteiger partial charge is 0.255 e. The number of amides is 2. The molecule has 1 aliphatic heterocycles. The number of ether oxygens (including phenoxy) is 2. The fourth-order valence-electron chi connectivity index (χ4n) is 4.65. The average Bonchev–Trinajstić information content (AvgIpc) is 3.14. The average molecular weight is 492 g/mol. The van der Waals surface area contributed by atoms with Gasteiger partial charge in [0.05, 0.1) is 18.7 Å². The highest BCUT2D eigenvalue weighted by Crippen LogP contribution is 2.36. The molecule has 1 saturated heterocycles. The van der Waals surface area contributed by atoms with E-state index in [0.717, 1.165) is 17.5 Å². The van der Waals surface area contributed by atoms with Gasteiger partial charge in [-0.05, 0) is 36.0 Å². The molecule has 3 aromatic rings. The third-order valence-corrected chi connectivity index (χ3v) is 6.98. The predicted octanol–water partition coefficient (Wildman–Crippen LogP) is 3.40. The minimum atomic E-state index is -0.618. The summed E-state index contributed by atoms with van der Waals surface area (Å²) in [6.45, 7) is 5.92. The van der Waals surface area contributed by atoms with Gasteiger partial charge in [-0.15, -0.1) is 0 Å². The lowest BCUT2D eigenvalue weighted by atomic mass is 9.89. The summed E-state index contributed by atoms with van der Waals surface area (Å²) < 4.78 is 12.7. The summed E-state index contributed by atoms with van der Waals surface area (Å²) in [6, 6.07) is 14.5. The molecule has 5 N–H and O–H groups in total. The van der Waals surface area contributed by atoms with Gasteiger partial charge >= 0.3 is 0 Å². The van der Waals surface area contributed by atoms with Crippen molar-refractivity contribution in [2.45, 2.75) is 32.9 Å². The van der Waals surface area contributed by atoms with E-state index in [-0.39, 0.29) is 29.2 Å². The molecule has 0 aliphatic carbocycles. The number of primary amides is 1. The number of anilines is 1. The Labute approximate surface area is 210 Å². The van der Waals surface area contributed by atoms with Crippen LogP contribution in [0.2, 0.25) is 0 Å². The molecule has 1 aromatic heterocycles. The number of nitrogen functional groups attached to an aromatic ring is 1. The molecule has 190 valence electrons. The van der Waals surface area contributed by atoms with Crippen LogP contribution < -0.4 is 21.5 Å². The Bertz CT molecular complexity index is 1240. The van der Waals surface area contributed by atoms with Crippen molar-refractivity contribution >= 4 is 17.6 Å². The van der Waals surface area contributed by atoms with E-state index < -0.39 is 5.91 Å². The molecule has 2 unspecified atom stereocenters. The van der Waals surface area contributed by atoms with E-state index >= 15 is 0 Å². The molecule has 1 aliphatic rings. The van der Waals surface area contributed by atoms with Crippen molar-refractivity contribution in [2.24, 2.45) is 17.6 Å². The zero-order valence-corrected chi connectivity index (χ0v) is 20.9. The van der Waals surface area contributed by atoms with Gasteiger partial charge in [-0.3, -0.25) is 9.59 Å². The third kappa shape index (κ3) is 5.06. The fraction of sp³-hybridized carbons (Fsp3) is 0.370. The number of nitrogens with two attached hydrogens (primary N) is 2. The molecule has 3 atom stereocenters. The van der Waals surface area contributed by atoms with Crippen molar-refractivity contribution in [3.8, 4) is 17.0 Å². The first-order valence-corrected chi connectivity index (χ1v) is 12.1. The largest absolute Gasteiger partial charge is 0.496 e. The van der Waals surface area contributed by atoms with E-state index in [2.05, 4.69) is 19.2 Å². The van der Waals surface area contributed by atoms with Gasteiger partial charge in [0.15, 0.2) is 0 Å². The molecule has 2 heterocycles. The topological polar surface area (TPSA) is 134 Å². The number of nitrogens with one attached hydrogen (secondary N) is 1. The van der Waals surface area contributed by atoms with Gasteiger partial charge in [-0.1, -0.05) is 50.2 Å². The monoisotopic (exact) mass is 491 g/mol. The summed E-state index contributed by atoms with van der Waals surface area (Å²) >= 11 is 0. The van der Waals surface area contributed by atoms with E-state index in [1.165, 1.54) is 7.11 Å². The van der Waals surface area contributed by atoms with Crippen LogP contribution in [-0.4, -0.2) is 41.9 Å². The Morgan fingerprint density at radius 2 is 1.89 bits per heavy atom. The van der Waals surface area contributed by atoms with Crippen LogP contribution in [-0.2, 0) is 11.3 Å². The lowest BCUT2D eigenvalue weighted by Gasteiger charge is -2.26. The van der Waals surface area contributed by atoms with Crippen molar-refractivity contribution in [3.63, 3.8) is 0 Å². The fourth-order valence-corrected chi connectivity index (χ4v) is 4.65. The highest BCUT2D eigenvalue weighted by Gasteiger charge is 2.32. The van der Waals surface area contributed by atoms with Crippen LogP contribution in [0.3, 0.4) is 0 Å². The summed E-state index contributed by atoms with van der Waals surface area (Å²) in [5.41, 5.74) is 14.9. The third-order valence-electron chi connectivity index (χ3n) is 6.98.